The molecular formula is C24H17BrClIN2O3. The van der Waals surface area contributed by atoms with Gasteiger partial charge in [0, 0.05) is 15.2 Å². The number of hydrogen-bond acceptors (Lipinski definition) is 4. The fourth-order valence-electron chi connectivity index (χ4n) is 2.75. The van der Waals surface area contributed by atoms with Gasteiger partial charge < -0.3 is 14.8 Å². The van der Waals surface area contributed by atoms with Crippen LogP contribution < -0.4 is 14.8 Å². The zero-order chi connectivity index (χ0) is 23.1. The summed E-state index contributed by atoms with van der Waals surface area (Å²) in [7, 11) is 1.54. The maximum absolute atomic E-state index is 12.5. The molecule has 0 atom stereocenters. The van der Waals surface area contributed by atoms with Crippen molar-refractivity contribution in [1.82, 2.24) is 0 Å². The molecule has 1 amide bonds. The first-order valence-electron chi connectivity index (χ1n) is 9.33. The van der Waals surface area contributed by atoms with E-state index in [2.05, 4.69) is 43.8 Å². The number of nitrogens with one attached hydrogen (secondary N) is 1. The number of nitriles is 1. The third-order valence-corrected chi connectivity index (χ3v) is 5.91. The first-order valence-corrected chi connectivity index (χ1v) is 11.6. The molecule has 0 aliphatic carbocycles. The zero-order valence-electron chi connectivity index (χ0n) is 16.9. The molecule has 1 N–H and O–H groups in total. The molecule has 3 aromatic rings. The normalized spacial score (nSPS) is 10.9. The zero-order valence-corrected chi connectivity index (χ0v) is 21.4. The average Bonchev–Trinajstić information content (AvgIpc) is 2.79. The second kappa shape index (κ2) is 11.4. The highest BCUT2D eigenvalue weighted by Crippen LogP contribution is 2.35. The monoisotopic (exact) mass is 622 g/mol. The molecule has 0 saturated heterocycles. The summed E-state index contributed by atoms with van der Waals surface area (Å²) in [6, 6.07) is 20.0. The van der Waals surface area contributed by atoms with Crippen LogP contribution in [-0.2, 0) is 11.4 Å². The number of ether oxygens (including phenoxy) is 2. The topological polar surface area (TPSA) is 71.3 Å². The van der Waals surface area contributed by atoms with Crippen LogP contribution >= 0.6 is 50.1 Å². The Balaban J connectivity index is 1.80. The lowest BCUT2D eigenvalue weighted by Crippen LogP contribution is -2.13. The van der Waals surface area contributed by atoms with Gasteiger partial charge in [0.2, 0.25) is 0 Å². The molecule has 3 aromatic carbocycles. The SMILES string of the molecule is COc1cc(/C=C(\C#N)C(=O)Nc2ccc(Br)cc2)cc(I)c1OCc1ccc(Cl)cc1. The smallest absolute Gasteiger partial charge is 0.266 e. The second-order valence-corrected chi connectivity index (χ2v) is 9.09. The van der Waals surface area contributed by atoms with Crippen LogP contribution in [0.4, 0.5) is 5.69 Å². The molecule has 0 unspecified atom stereocenters. The van der Waals surface area contributed by atoms with E-state index in [9.17, 15) is 10.1 Å². The van der Waals surface area contributed by atoms with Gasteiger partial charge in [0.15, 0.2) is 11.5 Å². The number of anilines is 1. The molecule has 0 fully saturated rings. The molecule has 3 rings (SSSR count). The summed E-state index contributed by atoms with van der Waals surface area (Å²) < 4.78 is 13.1. The van der Waals surface area contributed by atoms with E-state index in [-0.39, 0.29) is 5.57 Å². The number of carbonyl (C=O) groups is 1. The standard InChI is InChI=1S/C24H17BrClIN2O3/c1-31-22-12-16(10-17(13-28)24(30)29-20-8-4-18(25)5-9-20)11-21(27)23(22)32-14-15-2-6-19(26)7-3-15/h2-12H,14H2,1H3,(H,29,30)/b17-10+. The molecule has 0 aliphatic heterocycles. The first-order chi connectivity index (χ1) is 15.4. The van der Waals surface area contributed by atoms with E-state index in [0.29, 0.717) is 34.4 Å². The minimum Gasteiger partial charge on any atom is -0.493 e. The summed E-state index contributed by atoms with van der Waals surface area (Å²) in [6.07, 6.45) is 1.52. The van der Waals surface area contributed by atoms with Gasteiger partial charge in [0.05, 0.1) is 10.7 Å². The Hall–Kier alpha value is -2.54. The summed E-state index contributed by atoms with van der Waals surface area (Å²) in [5, 5.41) is 12.9. The number of halogens is 3. The van der Waals surface area contributed by atoms with Crippen molar-refractivity contribution in [2.75, 3.05) is 12.4 Å². The first kappa shape index (κ1) is 24.1. The Morgan fingerprint density at radius 2 is 1.88 bits per heavy atom. The van der Waals surface area contributed by atoms with Crippen LogP contribution in [0, 0.1) is 14.9 Å². The molecule has 0 bridgehead atoms. The molecule has 0 aromatic heterocycles. The highest BCUT2D eigenvalue weighted by Gasteiger charge is 2.14. The molecule has 5 nitrogen and oxygen atoms in total. The molecular weight excluding hydrogens is 607 g/mol. The van der Waals surface area contributed by atoms with Gasteiger partial charge in [-0.1, -0.05) is 39.7 Å². The lowest BCUT2D eigenvalue weighted by Gasteiger charge is -2.14. The quantitative estimate of drug-likeness (QED) is 0.178. The molecule has 32 heavy (non-hydrogen) atoms. The van der Waals surface area contributed by atoms with Gasteiger partial charge in [0.25, 0.3) is 5.91 Å². The maximum atomic E-state index is 12.5. The predicted molar refractivity (Wildman–Crippen MR) is 138 cm³/mol. The molecule has 0 saturated carbocycles. The number of nitrogens with zero attached hydrogens (tertiary/aromatic N) is 1. The molecule has 0 spiro atoms. The van der Waals surface area contributed by atoms with Gasteiger partial charge in [-0.2, -0.15) is 5.26 Å². The summed E-state index contributed by atoms with van der Waals surface area (Å²) in [4.78, 5) is 12.5. The average molecular weight is 624 g/mol. The van der Waals surface area contributed by atoms with E-state index in [0.717, 1.165) is 13.6 Å². The Morgan fingerprint density at radius 1 is 1.19 bits per heavy atom. The second-order valence-electron chi connectivity index (χ2n) is 6.58. The van der Waals surface area contributed by atoms with Crippen LogP contribution in [0.2, 0.25) is 5.02 Å². The van der Waals surface area contributed by atoms with Gasteiger partial charge in [-0.05, 0) is 88.3 Å². The minimum atomic E-state index is -0.494. The van der Waals surface area contributed by atoms with E-state index in [1.54, 1.807) is 49.6 Å². The van der Waals surface area contributed by atoms with Crippen molar-refractivity contribution in [1.29, 1.82) is 5.26 Å². The number of hydrogen-bond donors (Lipinski definition) is 1. The van der Waals surface area contributed by atoms with Crippen molar-refractivity contribution in [3.8, 4) is 17.6 Å². The van der Waals surface area contributed by atoms with Crippen LogP contribution in [-0.4, -0.2) is 13.0 Å². The lowest BCUT2D eigenvalue weighted by atomic mass is 10.1. The highest BCUT2D eigenvalue weighted by molar-refractivity contribution is 14.1. The van der Waals surface area contributed by atoms with E-state index in [1.165, 1.54) is 6.08 Å². The van der Waals surface area contributed by atoms with Gasteiger partial charge in [-0.15, -0.1) is 0 Å². The molecule has 0 aliphatic rings. The third-order valence-electron chi connectivity index (χ3n) is 4.33. The lowest BCUT2D eigenvalue weighted by molar-refractivity contribution is -0.112. The third kappa shape index (κ3) is 6.48. The van der Waals surface area contributed by atoms with Crippen molar-refractivity contribution in [3.63, 3.8) is 0 Å². The number of amides is 1. The molecule has 8 heteroatoms. The van der Waals surface area contributed by atoms with Gasteiger partial charge in [0.1, 0.15) is 18.2 Å². The van der Waals surface area contributed by atoms with Crippen LogP contribution in [0.5, 0.6) is 11.5 Å². The van der Waals surface area contributed by atoms with Crippen LogP contribution in [0.1, 0.15) is 11.1 Å². The van der Waals surface area contributed by atoms with E-state index in [1.807, 2.05) is 24.3 Å². The molecule has 0 radical (unpaired) electrons. The largest absolute Gasteiger partial charge is 0.493 e. The van der Waals surface area contributed by atoms with Crippen molar-refractivity contribution < 1.29 is 14.3 Å². The Bertz CT molecular complexity index is 1190. The van der Waals surface area contributed by atoms with Crippen LogP contribution in [0.15, 0.2) is 70.7 Å². The number of methoxy groups -OCH3 is 1. The van der Waals surface area contributed by atoms with Gasteiger partial charge >= 0.3 is 0 Å². The number of carbonyl (C=O) groups excluding carboxylic acids is 1. The fourth-order valence-corrected chi connectivity index (χ4v) is 3.92. The van der Waals surface area contributed by atoms with Crippen molar-refractivity contribution in [3.05, 3.63) is 90.4 Å². The Labute approximate surface area is 213 Å². The van der Waals surface area contributed by atoms with Crippen molar-refractivity contribution >= 4 is 67.8 Å². The summed E-state index contributed by atoms with van der Waals surface area (Å²) >= 11 is 11.4. The predicted octanol–water partition coefficient (Wildman–Crippen LogP) is 6.84. The molecule has 0 heterocycles. The van der Waals surface area contributed by atoms with E-state index in [4.69, 9.17) is 21.1 Å². The highest BCUT2D eigenvalue weighted by atomic mass is 127. The summed E-state index contributed by atoms with van der Waals surface area (Å²) in [5.41, 5.74) is 2.18. The maximum Gasteiger partial charge on any atom is 0.266 e. The van der Waals surface area contributed by atoms with Crippen LogP contribution in [0.3, 0.4) is 0 Å². The van der Waals surface area contributed by atoms with E-state index >= 15 is 0 Å². The Kier molecular flexibility index (Phi) is 8.56. The van der Waals surface area contributed by atoms with Crippen molar-refractivity contribution in [2.24, 2.45) is 0 Å². The minimum absolute atomic E-state index is 0.0272. The fraction of sp³-hybridized carbons (Fsp3) is 0.0833. The van der Waals surface area contributed by atoms with Crippen LogP contribution in [0.25, 0.3) is 6.08 Å². The van der Waals surface area contributed by atoms with E-state index < -0.39 is 5.91 Å². The van der Waals surface area contributed by atoms with Gasteiger partial charge in [-0.3, -0.25) is 4.79 Å². The Morgan fingerprint density at radius 3 is 2.50 bits per heavy atom. The molecule has 162 valence electrons. The summed E-state index contributed by atoms with van der Waals surface area (Å²) in [5.74, 6) is 0.590. The number of benzene rings is 3. The van der Waals surface area contributed by atoms with Crippen molar-refractivity contribution in [2.45, 2.75) is 6.61 Å². The number of rotatable bonds is 7. The van der Waals surface area contributed by atoms with Gasteiger partial charge in [-0.25, -0.2) is 0 Å². The summed E-state index contributed by atoms with van der Waals surface area (Å²) in [6.45, 7) is 0.345.